The van der Waals surface area contributed by atoms with E-state index in [-0.39, 0.29) is 31.6 Å². The maximum atomic E-state index is 12.7. The fourth-order valence-electron chi connectivity index (χ4n) is 5.93. The van der Waals surface area contributed by atoms with Gasteiger partial charge >= 0.3 is 11.9 Å². The first-order valence-corrected chi connectivity index (χ1v) is 23.4. The summed E-state index contributed by atoms with van der Waals surface area (Å²) in [5, 5.41) is 0. The number of allylic oxidation sites excluding steroid dienone is 17. The van der Waals surface area contributed by atoms with E-state index in [4.69, 9.17) is 14.2 Å². The number of carbonyl (C=O) groups is 2. The standard InChI is InChI=1S/C53H86O5/c1-4-7-10-13-16-19-22-24-26-27-29-30-32-34-37-40-43-46-52(54)57-50-51(49-56-48-45-42-39-36-21-18-15-12-9-6-3)58-53(55)47-44-41-38-35-33-31-28-25-23-20-17-14-11-8-5-2/h7-8,10-11,16-17,19-20,24-26,28-30,33,35,41,44,51H,4-6,9,12-15,18,21-23,27,31-32,34,36-40,42-43,45-50H2,1-3H3/b10-7-,11-8-,19-16-,20-17-,26-24-,28-25-,30-29-,35-33-,44-41-. The number of carbonyl (C=O) groups excluding carboxylic acids is 2. The zero-order valence-corrected chi connectivity index (χ0v) is 37.5. The van der Waals surface area contributed by atoms with Crippen molar-refractivity contribution in [1.82, 2.24) is 0 Å². The Labute approximate surface area is 357 Å². The van der Waals surface area contributed by atoms with Crippen molar-refractivity contribution in [2.45, 2.75) is 194 Å². The molecule has 0 radical (unpaired) electrons. The lowest BCUT2D eigenvalue weighted by Crippen LogP contribution is -2.29. The molecule has 0 aliphatic heterocycles. The topological polar surface area (TPSA) is 61.8 Å². The van der Waals surface area contributed by atoms with Gasteiger partial charge in [0.2, 0.25) is 0 Å². The molecule has 0 aromatic carbocycles. The van der Waals surface area contributed by atoms with E-state index in [1.54, 1.807) is 0 Å². The average molecular weight is 803 g/mol. The predicted molar refractivity (Wildman–Crippen MR) is 251 cm³/mol. The molecular weight excluding hydrogens is 717 g/mol. The van der Waals surface area contributed by atoms with Gasteiger partial charge in [-0.25, -0.2) is 0 Å². The molecule has 5 heteroatoms. The molecule has 58 heavy (non-hydrogen) atoms. The Morgan fingerprint density at radius 3 is 1.33 bits per heavy atom. The first-order valence-electron chi connectivity index (χ1n) is 23.4. The fraction of sp³-hybridized carbons (Fsp3) is 0.623. The molecule has 0 aromatic heterocycles. The Kier molecular flexibility index (Phi) is 45.1. The highest BCUT2D eigenvalue weighted by atomic mass is 16.6. The van der Waals surface area contributed by atoms with Crippen molar-refractivity contribution in [3.8, 4) is 0 Å². The lowest BCUT2D eigenvalue weighted by Gasteiger charge is -2.18. The van der Waals surface area contributed by atoms with Crippen LogP contribution in [0.1, 0.15) is 188 Å². The van der Waals surface area contributed by atoms with Crippen molar-refractivity contribution in [3.05, 3.63) is 109 Å². The third-order valence-corrected chi connectivity index (χ3v) is 9.34. The highest BCUT2D eigenvalue weighted by Gasteiger charge is 2.17. The van der Waals surface area contributed by atoms with Crippen molar-refractivity contribution in [1.29, 1.82) is 0 Å². The van der Waals surface area contributed by atoms with Gasteiger partial charge in [-0.1, -0.05) is 201 Å². The largest absolute Gasteiger partial charge is 0.462 e. The fourth-order valence-corrected chi connectivity index (χ4v) is 5.93. The smallest absolute Gasteiger partial charge is 0.310 e. The summed E-state index contributed by atoms with van der Waals surface area (Å²) < 4.78 is 17.2. The van der Waals surface area contributed by atoms with Crippen molar-refractivity contribution in [2.24, 2.45) is 0 Å². The average Bonchev–Trinajstić information content (AvgIpc) is 3.22. The van der Waals surface area contributed by atoms with E-state index in [1.165, 1.54) is 51.4 Å². The summed E-state index contributed by atoms with van der Waals surface area (Å²) in [6, 6.07) is 0. The minimum Gasteiger partial charge on any atom is -0.462 e. The number of unbranched alkanes of at least 4 members (excludes halogenated alkanes) is 13. The lowest BCUT2D eigenvalue weighted by molar-refractivity contribution is -0.162. The maximum absolute atomic E-state index is 12.7. The number of hydrogen-bond acceptors (Lipinski definition) is 5. The minimum absolute atomic E-state index is 0.0279. The van der Waals surface area contributed by atoms with Gasteiger partial charge in [-0.3, -0.25) is 9.59 Å². The van der Waals surface area contributed by atoms with Crippen LogP contribution in [0.2, 0.25) is 0 Å². The predicted octanol–water partition coefficient (Wildman–Crippen LogP) is 15.7. The molecule has 0 rings (SSSR count). The van der Waals surface area contributed by atoms with Crippen molar-refractivity contribution in [3.63, 3.8) is 0 Å². The summed E-state index contributed by atoms with van der Waals surface area (Å²) in [7, 11) is 0. The summed E-state index contributed by atoms with van der Waals surface area (Å²) in [5.74, 6) is -0.578. The molecule has 0 spiro atoms. The summed E-state index contributed by atoms with van der Waals surface area (Å²) >= 11 is 0. The number of esters is 2. The SMILES string of the molecule is CC/C=C\C/C=C\C/C=C\C/C=C\C/C=C\CC(=O)OC(COCCCCCCCCCCCC)COC(=O)CCCCCC/C=C\C/C=C\C/C=C\C/C=C\CC. The molecule has 0 amide bonds. The molecule has 328 valence electrons. The molecule has 0 aliphatic rings. The Balaban J connectivity index is 4.43. The van der Waals surface area contributed by atoms with Crippen LogP contribution in [0.15, 0.2) is 109 Å². The lowest BCUT2D eigenvalue weighted by atomic mass is 10.1. The van der Waals surface area contributed by atoms with Gasteiger partial charge in [-0.15, -0.1) is 0 Å². The van der Waals surface area contributed by atoms with Gasteiger partial charge in [0, 0.05) is 13.0 Å². The van der Waals surface area contributed by atoms with E-state index in [0.717, 1.165) is 103 Å². The third kappa shape index (κ3) is 45.3. The van der Waals surface area contributed by atoms with Gasteiger partial charge < -0.3 is 14.2 Å². The second-order valence-corrected chi connectivity index (χ2v) is 14.9. The second-order valence-electron chi connectivity index (χ2n) is 14.9. The second kappa shape index (κ2) is 47.9. The molecule has 0 aliphatic carbocycles. The molecule has 0 fully saturated rings. The van der Waals surface area contributed by atoms with Crippen LogP contribution in [0, 0.1) is 0 Å². The molecule has 0 aromatic rings. The van der Waals surface area contributed by atoms with Gasteiger partial charge in [0.25, 0.3) is 0 Å². The Morgan fingerprint density at radius 2 is 0.828 bits per heavy atom. The maximum Gasteiger partial charge on any atom is 0.310 e. The molecule has 0 bridgehead atoms. The van der Waals surface area contributed by atoms with Gasteiger partial charge in [0.05, 0.1) is 13.0 Å². The summed E-state index contributed by atoms with van der Waals surface area (Å²) in [5.41, 5.74) is 0. The van der Waals surface area contributed by atoms with Crippen LogP contribution in [0.4, 0.5) is 0 Å². The van der Waals surface area contributed by atoms with Crippen LogP contribution < -0.4 is 0 Å². The van der Waals surface area contributed by atoms with Crippen LogP contribution in [0.25, 0.3) is 0 Å². The van der Waals surface area contributed by atoms with Gasteiger partial charge in [-0.2, -0.15) is 0 Å². The molecular formula is C53H86O5. The molecule has 1 unspecified atom stereocenters. The molecule has 5 nitrogen and oxygen atoms in total. The Hall–Kier alpha value is -3.44. The number of hydrogen-bond donors (Lipinski definition) is 0. The highest BCUT2D eigenvalue weighted by Crippen LogP contribution is 2.12. The molecule has 0 saturated carbocycles. The minimum atomic E-state index is -0.603. The van der Waals surface area contributed by atoms with E-state index in [2.05, 4.69) is 118 Å². The summed E-state index contributed by atoms with van der Waals surface area (Å²) in [6.45, 7) is 7.44. The molecule has 0 saturated heterocycles. The summed E-state index contributed by atoms with van der Waals surface area (Å²) in [6.07, 6.45) is 65.4. The zero-order chi connectivity index (χ0) is 42.1. The van der Waals surface area contributed by atoms with E-state index in [0.29, 0.717) is 13.0 Å². The van der Waals surface area contributed by atoms with E-state index < -0.39 is 6.10 Å². The van der Waals surface area contributed by atoms with Gasteiger partial charge in [0.15, 0.2) is 6.10 Å². The van der Waals surface area contributed by atoms with Gasteiger partial charge in [-0.05, 0) is 83.5 Å². The Morgan fingerprint density at radius 1 is 0.414 bits per heavy atom. The van der Waals surface area contributed by atoms with E-state index in [9.17, 15) is 9.59 Å². The first kappa shape index (κ1) is 54.6. The normalized spacial score (nSPS) is 13.2. The van der Waals surface area contributed by atoms with Crippen molar-refractivity contribution in [2.75, 3.05) is 19.8 Å². The first-order chi connectivity index (χ1) is 28.6. The van der Waals surface area contributed by atoms with Crippen LogP contribution in [-0.2, 0) is 23.8 Å². The zero-order valence-electron chi connectivity index (χ0n) is 37.5. The van der Waals surface area contributed by atoms with E-state index >= 15 is 0 Å². The monoisotopic (exact) mass is 803 g/mol. The van der Waals surface area contributed by atoms with Crippen molar-refractivity contribution >= 4 is 11.9 Å². The van der Waals surface area contributed by atoms with Crippen LogP contribution >= 0.6 is 0 Å². The Bertz CT molecular complexity index is 1180. The van der Waals surface area contributed by atoms with Crippen molar-refractivity contribution < 1.29 is 23.8 Å². The van der Waals surface area contributed by atoms with Crippen LogP contribution in [0.3, 0.4) is 0 Å². The quantitative estimate of drug-likeness (QED) is 0.0350. The molecule has 0 heterocycles. The van der Waals surface area contributed by atoms with Crippen LogP contribution in [0.5, 0.6) is 0 Å². The number of rotatable bonds is 41. The highest BCUT2D eigenvalue weighted by molar-refractivity contribution is 5.71. The molecule has 1 atom stereocenters. The molecule has 0 N–H and O–H groups in total. The summed E-state index contributed by atoms with van der Waals surface area (Å²) in [4.78, 5) is 25.2. The third-order valence-electron chi connectivity index (χ3n) is 9.34. The van der Waals surface area contributed by atoms with Gasteiger partial charge in [0.1, 0.15) is 6.61 Å². The number of ether oxygens (including phenoxy) is 3. The van der Waals surface area contributed by atoms with Crippen LogP contribution in [-0.4, -0.2) is 37.9 Å². The van der Waals surface area contributed by atoms with E-state index in [1.807, 2.05) is 12.2 Å².